The number of fused-ring (bicyclic) bond motifs is 2. The van der Waals surface area contributed by atoms with E-state index in [1.165, 1.54) is 12.7 Å². The molecule has 3 aromatic heterocycles. The van der Waals surface area contributed by atoms with E-state index in [-0.39, 0.29) is 6.10 Å². The Labute approximate surface area is 174 Å². The zero-order chi connectivity index (χ0) is 20.5. The zero-order valence-electron chi connectivity index (χ0n) is 16.9. The Morgan fingerprint density at radius 3 is 2.70 bits per heavy atom. The largest absolute Gasteiger partial charge is 0.474 e. The Hall–Kier alpha value is -3.11. The molecule has 3 aromatic rings. The first-order valence-corrected chi connectivity index (χ1v) is 10.1. The molecule has 5 heterocycles. The smallest absolute Gasteiger partial charge is 0.221 e. The van der Waals surface area contributed by atoms with Crippen molar-refractivity contribution in [1.29, 1.82) is 0 Å². The lowest BCUT2D eigenvalue weighted by Crippen LogP contribution is -2.56. The average molecular weight is 408 g/mol. The van der Waals surface area contributed by atoms with Crippen LogP contribution in [0.2, 0.25) is 0 Å². The van der Waals surface area contributed by atoms with Gasteiger partial charge in [0.05, 0.1) is 30.2 Å². The van der Waals surface area contributed by atoms with Crippen LogP contribution in [0.25, 0.3) is 5.82 Å². The molecular weight excluding hydrogens is 384 g/mol. The number of ether oxygens (including phenoxy) is 2. The molecule has 0 spiro atoms. The molecule has 156 valence electrons. The summed E-state index contributed by atoms with van der Waals surface area (Å²) in [5.41, 5.74) is 2.56. The maximum absolute atomic E-state index is 6.28. The van der Waals surface area contributed by atoms with E-state index in [0.29, 0.717) is 29.6 Å². The molecule has 0 saturated carbocycles. The summed E-state index contributed by atoms with van der Waals surface area (Å²) in [5, 5.41) is 11.1. The molecule has 5 rings (SSSR count). The maximum atomic E-state index is 6.28. The molecule has 2 fully saturated rings. The number of morpholine rings is 1. The number of pyridine rings is 1. The summed E-state index contributed by atoms with van der Waals surface area (Å²) >= 11 is 0. The Bertz CT molecular complexity index is 1010. The van der Waals surface area contributed by atoms with Crippen LogP contribution in [0.3, 0.4) is 0 Å². The second-order valence-electron chi connectivity index (χ2n) is 7.73. The number of nitrogens with one attached hydrogen (secondary N) is 2. The maximum Gasteiger partial charge on any atom is 0.221 e. The van der Waals surface area contributed by atoms with Crippen LogP contribution in [0.4, 0.5) is 11.5 Å². The van der Waals surface area contributed by atoms with Crippen molar-refractivity contribution in [1.82, 2.24) is 35.0 Å². The van der Waals surface area contributed by atoms with Crippen LogP contribution in [0.5, 0.6) is 5.88 Å². The third kappa shape index (κ3) is 3.83. The van der Waals surface area contributed by atoms with Gasteiger partial charge in [-0.1, -0.05) is 0 Å². The van der Waals surface area contributed by atoms with E-state index in [0.717, 1.165) is 43.0 Å². The summed E-state index contributed by atoms with van der Waals surface area (Å²) in [7, 11) is 0. The number of nitrogens with zero attached hydrogens (tertiary/aromatic N) is 6. The van der Waals surface area contributed by atoms with Gasteiger partial charge in [0.15, 0.2) is 5.82 Å². The number of anilines is 2. The molecule has 0 radical (unpaired) electrons. The van der Waals surface area contributed by atoms with Gasteiger partial charge in [0.2, 0.25) is 5.88 Å². The number of hydrogen-bond acceptors (Lipinski definition) is 9. The summed E-state index contributed by atoms with van der Waals surface area (Å²) in [4.78, 5) is 17.3. The molecule has 0 amide bonds. The molecule has 0 aromatic carbocycles. The number of hydrogen-bond donors (Lipinski definition) is 2. The standard InChI is InChI=1S/C20H24N8O2/c1-12-19(27-17-3-4-18(25-13(17)2)28-11-21-9-24-28)22-10-23-20(12)30-16-5-14-7-29-8-15(6-16)26-14/h3-4,9-11,14-16,26H,5-8H2,1-2H3,(H,22,23,27). The third-order valence-corrected chi connectivity index (χ3v) is 5.50. The summed E-state index contributed by atoms with van der Waals surface area (Å²) in [6.07, 6.45) is 6.58. The van der Waals surface area contributed by atoms with Crippen LogP contribution in [-0.2, 0) is 4.74 Å². The fourth-order valence-corrected chi connectivity index (χ4v) is 3.98. The van der Waals surface area contributed by atoms with Gasteiger partial charge >= 0.3 is 0 Å². The van der Waals surface area contributed by atoms with E-state index in [9.17, 15) is 0 Å². The molecule has 30 heavy (non-hydrogen) atoms. The number of aromatic nitrogens is 6. The topological polar surface area (TPSA) is 112 Å². The molecule has 2 saturated heterocycles. The monoisotopic (exact) mass is 408 g/mol. The van der Waals surface area contributed by atoms with Gasteiger partial charge in [0, 0.05) is 24.9 Å². The van der Waals surface area contributed by atoms with Crippen molar-refractivity contribution in [2.24, 2.45) is 0 Å². The lowest BCUT2D eigenvalue weighted by Gasteiger charge is -2.39. The molecule has 0 aliphatic carbocycles. The number of piperidine rings is 1. The predicted molar refractivity (Wildman–Crippen MR) is 109 cm³/mol. The van der Waals surface area contributed by atoms with Crippen LogP contribution >= 0.6 is 0 Å². The van der Waals surface area contributed by atoms with Gasteiger partial charge < -0.3 is 20.1 Å². The van der Waals surface area contributed by atoms with Crippen molar-refractivity contribution in [3.05, 3.63) is 42.4 Å². The van der Waals surface area contributed by atoms with Crippen molar-refractivity contribution >= 4 is 11.5 Å². The van der Waals surface area contributed by atoms with Gasteiger partial charge in [0.25, 0.3) is 0 Å². The predicted octanol–water partition coefficient (Wildman–Crippen LogP) is 1.71. The first kappa shape index (κ1) is 18.9. The molecule has 2 N–H and O–H groups in total. The molecule has 2 aliphatic rings. The van der Waals surface area contributed by atoms with Crippen LogP contribution in [0.15, 0.2) is 31.1 Å². The van der Waals surface area contributed by atoms with Gasteiger partial charge in [-0.2, -0.15) is 5.10 Å². The second-order valence-corrected chi connectivity index (χ2v) is 7.73. The lowest BCUT2D eigenvalue weighted by molar-refractivity contribution is -0.0134. The van der Waals surface area contributed by atoms with Crippen LogP contribution in [0.1, 0.15) is 24.1 Å². The van der Waals surface area contributed by atoms with E-state index < -0.39 is 0 Å². The minimum atomic E-state index is 0.122. The quantitative estimate of drug-likeness (QED) is 0.651. The van der Waals surface area contributed by atoms with Crippen LogP contribution < -0.4 is 15.4 Å². The highest BCUT2D eigenvalue weighted by molar-refractivity contribution is 5.63. The molecule has 2 unspecified atom stereocenters. The van der Waals surface area contributed by atoms with Gasteiger partial charge in [-0.05, 0) is 26.0 Å². The first-order valence-electron chi connectivity index (χ1n) is 10.1. The van der Waals surface area contributed by atoms with E-state index in [1.54, 1.807) is 11.0 Å². The van der Waals surface area contributed by atoms with Gasteiger partial charge in [-0.15, -0.1) is 0 Å². The minimum Gasteiger partial charge on any atom is -0.474 e. The van der Waals surface area contributed by atoms with E-state index in [1.807, 2.05) is 26.0 Å². The van der Waals surface area contributed by atoms with E-state index in [2.05, 4.69) is 35.7 Å². The van der Waals surface area contributed by atoms with Crippen LogP contribution in [-0.4, -0.2) is 61.1 Å². The van der Waals surface area contributed by atoms with Crippen molar-refractivity contribution in [2.45, 2.75) is 44.9 Å². The van der Waals surface area contributed by atoms with Crippen molar-refractivity contribution in [3.8, 4) is 11.7 Å². The van der Waals surface area contributed by atoms with Gasteiger partial charge in [0.1, 0.15) is 30.9 Å². The molecule has 2 atom stereocenters. The van der Waals surface area contributed by atoms with Gasteiger partial charge in [-0.3, -0.25) is 0 Å². The summed E-state index contributed by atoms with van der Waals surface area (Å²) in [5.74, 6) is 2.03. The summed E-state index contributed by atoms with van der Waals surface area (Å²) in [6, 6.07) is 4.53. The van der Waals surface area contributed by atoms with Crippen LogP contribution in [0, 0.1) is 13.8 Å². The number of aryl methyl sites for hydroxylation is 1. The zero-order valence-corrected chi connectivity index (χ0v) is 16.9. The van der Waals surface area contributed by atoms with E-state index >= 15 is 0 Å². The Kier molecular flexibility index (Phi) is 5.01. The van der Waals surface area contributed by atoms with Gasteiger partial charge in [-0.25, -0.2) is 24.6 Å². The summed E-state index contributed by atoms with van der Waals surface area (Å²) < 4.78 is 13.5. The highest BCUT2D eigenvalue weighted by Gasteiger charge is 2.33. The second kappa shape index (κ2) is 7.96. The Balaban J connectivity index is 1.32. The molecule has 10 nitrogen and oxygen atoms in total. The van der Waals surface area contributed by atoms with E-state index in [4.69, 9.17) is 9.47 Å². The molecule has 10 heteroatoms. The minimum absolute atomic E-state index is 0.122. The number of rotatable bonds is 5. The van der Waals surface area contributed by atoms with Crippen molar-refractivity contribution in [3.63, 3.8) is 0 Å². The molecule has 2 aliphatic heterocycles. The third-order valence-electron chi connectivity index (χ3n) is 5.50. The summed E-state index contributed by atoms with van der Waals surface area (Å²) in [6.45, 7) is 5.38. The Morgan fingerprint density at radius 2 is 1.97 bits per heavy atom. The SMILES string of the molecule is Cc1nc(-n2cncn2)ccc1Nc1ncnc(OC2CC3COCC(C2)N3)c1C. The highest BCUT2D eigenvalue weighted by Crippen LogP contribution is 2.29. The average Bonchev–Trinajstić information content (AvgIpc) is 3.27. The molecule has 2 bridgehead atoms. The molecular formula is C20H24N8O2. The van der Waals surface area contributed by atoms with Crippen molar-refractivity contribution < 1.29 is 9.47 Å². The fraction of sp³-hybridized carbons (Fsp3) is 0.450. The highest BCUT2D eigenvalue weighted by atomic mass is 16.5. The van der Waals surface area contributed by atoms with Crippen molar-refractivity contribution in [2.75, 3.05) is 18.5 Å². The first-order chi connectivity index (χ1) is 14.7. The lowest BCUT2D eigenvalue weighted by atomic mass is 9.95. The Morgan fingerprint density at radius 1 is 1.13 bits per heavy atom. The fourth-order valence-electron chi connectivity index (χ4n) is 3.98. The normalized spacial score (nSPS) is 23.2.